The average molecular weight is 342 g/mol. The highest BCUT2D eigenvalue weighted by atomic mass is 16.4. The Hall–Kier alpha value is -2.21. The van der Waals surface area contributed by atoms with Gasteiger partial charge in [-0.3, -0.25) is 9.69 Å². The Labute approximate surface area is 148 Å². The van der Waals surface area contributed by atoms with E-state index in [1.54, 1.807) is 0 Å². The highest BCUT2D eigenvalue weighted by Gasteiger charge is 2.22. The summed E-state index contributed by atoms with van der Waals surface area (Å²) in [5, 5.41) is 11.4. The molecular formula is C19H26N4O2. The summed E-state index contributed by atoms with van der Waals surface area (Å²) < 4.78 is 5.78. The molecule has 1 aliphatic rings. The summed E-state index contributed by atoms with van der Waals surface area (Å²) >= 11 is 0. The Morgan fingerprint density at radius 3 is 2.56 bits per heavy atom. The molecule has 0 spiro atoms. The van der Waals surface area contributed by atoms with Gasteiger partial charge in [-0.2, -0.15) is 0 Å². The molecule has 1 N–H and O–H groups in total. The van der Waals surface area contributed by atoms with Gasteiger partial charge in [0, 0.05) is 25.0 Å². The normalized spacial score (nSPS) is 16.3. The van der Waals surface area contributed by atoms with Crippen LogP contribution >= 0.6 is 0 Å². The van der Waals surface area contributed by atoms with Crippen molar-refractivity contribution < 1.29 is 9.21 Å². The first-order valence-electron chi connectivity index (χ1n) is 8.98. The fourth-order valence-electron chi connectivity index (χ4n) is 2.99. The number of carbonyl (C=O) groups is 1. The van der Waals surface area contributed by atoms with E-state index in [1.165, 1.54) is 5.56 Å². The van der Waals surface area contributed by atoms with Crippen LogP contribution in [0, 0.1) is 5.92 Å². The van der Waals surface area contributed by atoms with Crippen LogP contribution in [0.25, 0.3) is 0 Å². The molecule has 2 heterocycles. The summed E-state index contributed by atoms with van der Waals surface area (Å²) in [5.74, 6) is 1.50. The predicted octanol–water partition coefficient (Wildman–Crippen LogP) is 2.40. The van der Waals surface area contributed by atoms with Crippen molar-refractivity contribution in [1.29, 1.82) is 0 Å². The lowest BCUT2D eigenvalue weighted by Crippen LogP contribution is -2.45. The van der Waals surface area contributed by atoms with Crippen molar-refractivity contribution >= 4 is 5.91 Å². The maximum atomic E-state index is 11.8. The number of amides is 1. The first-order chi connectivity index (χ1) is 12.1. The molecule has 134 valence electrons. The average Bonchev–Trinajstić information content (AvgIpc) is 3.04. The van der Waals surface area contributed by atoms with Crippen molar-refractivity contribution in [3.63, 3.8) is 0 Å². The summed E-state index contributed by atoms with van der Waals surface area (Å²) in [6, 6.07) is 10.4. The van der Waals surface area contributed by atoms with Crippen LogP contribution in [0.4, 0.5) is 0 Å². The zero-order valence-electron chi connectivity index (χ0n) is 14.9. The maximum Gasteiger partial charge on any atom is 0.230 e. The van der Waals surface area contributed by atoms with Crippen LogP contribution in [0.2, 0.25) is 0 Å². The van der Waals surface area contributed by atoms with Crippen molar-refractivity contribution in [3.05, 3.63) is 47.7 Å². The molecule has 0 atom stereocenters. The molecule has 1 aromatic heterocycles. The quantitative estimate of drug-likeness (QED) is 0.873. The van der Waals surface area contributed by atoms with Gasteiger partial charge in [-0.15, -0.1) is 10.2 Å². The Morgan fingerprint density at radius 2 is 1.88 bits per heavy atom. The Balaban J connectivity index is 1.46. The molecule has 1 amide bonds. The number of hydrogen-bond donors (Lipinski definition) is 1. The second-order valence-corrected chi connectivity index (χ2v) is 6.97. The van der Waals surface area contributed by atoms with E-state index in [9.17, 15) is 4.79 Å². The second-order valence-electron chi connectivity index (χ2n) is 6.97. The minimum Gasteiger partial charge on any atom is -0.424 e. The Bertz CT molecular complexity index is 676. The lowest BCUT2D eigenvalue weighted by molar-refractivity contribution is -0.125. The summed E-state index contributed by atoms with van der Waals surface area (Å²) in [7, 11) is 0. The fourth-order valence-corrected chi connectivity index (χ4v) is 2.99. The Kier molecular flexibility index (Phi) is 5.81. The lowest BCUT2D eigenvalue weighted by atomic mass is 10.0. The van der Waals surface area contributed by atoms with E-state index in [2.05, 4.69) is 32.5 Å². The molecule has 6 nitrogen and oxygen atoms in total. The van der Waals surface area contributed by atoms with Crippen LogP contribution in [0.5, 0.6) is 0 Å². The molecule has 1 aliphatic heterocycles. The van der Waals surface area contributed by atoms with Gasteiger partial charge in [-0.1, -0.05) is 44.2 Å². The SMILES string of the molecule is CC(C)C(=O)NC1CCN(Cc2nnc(Cc3ccccc3)o2)CC1. The molecule has 1 saturated heterocycles. The third kappa shape index (κ3) is 5.13. The molecule has 6 heteroatoms. The van der Waals surface area contributed by atoms with Crippen LogP contribution in [-0.4, -0.2) is 40.1 Å². The third-order valence-corrected chi connectivity index (χ3v) is 4.52. The van der Waals surface area contributed by atoms with Crippen molar-refractivity contribution in [2.24, 2.45) is 5.92 Å². The monoisotopic (exact) mass is 342 g/mol. The van der Waals surface area contributed by atoms with Gasteiger partial charge in [0.15, 0.2) is 0 Å². The number of nitrogens with one attached hydrogen (secondary N) is 1. The van der Waals surface area contributed by atoms with Gasteiger partial charge in [0.25, 0.3) is 0 Å². The van der Waals surface area contributed by atoms with Crippen LogP contribution < -0.4 is 5.32 Å². The van der Waals surface area contributed by atoms with E-state index in [4.69, 9.17) is 4.42 Å². The maximum absolute atomic E-state index is 11.8. The van der Waals surface area contributed by atoms with Gasteiger partial charge in [0.1, 0.15) is 0 Å². The van der Waals surface area contributed by atoms with Gasteiger partial charge >= 0.3 is 0 Å². The van der Waals surface area contributed by atoms with Crippen LogP contribution in [0.3, 0.4) is 0 Å². The molecule has 0 saturated carbocycles. The van der Waals surface area contributed by atoms with E-state index in [0.29, 0.717) is 24.7 Å². The van der Waals surface area contributed by atoms with E-state index >= 15 is 0 Å². The summed E-state index contributed by atoms with van der Waals surface area (Å²) in [5.41, 5.74) is 1.17. The topological polar surface area (TPSA) is 71.3 Å². The molecule has 0 bridgehead atoms. The highest BCUT2D eigenvalue weighted by molar-refractivity contribution is 5.78. The lowest BCUT2D eigenvalue weighted by Gasteiger charge is -2.31. The van der Waals surface area contributed by atoms with E-state index in [-0.39, 0.29) is 17.9 Å². The Morgan fingerprint density at radius 1 is 1.20 bits per heavy atom. The van der Waals surface area contributed by atoms with Crippen LogP contribution in [0.15, 0.2) is 34.7 Å². The number of carbonyl (C=O) groups excluding carboxylic acids is 1. The first kappa shape index (κ1) is 17.6. The highest BCUT2D eigenvalue weighted by Crippen LogP contribution is 2.15. The molecule has 2 aromatic rings. The number of rotatable bonds is 6. The summed E-state index contributed by atoms with van der Waals surface area (Å²) in [6.45, 7) is 6.38. The van der Waals surface area contributed by atoms with Crippen LogP contribution in [0.1, 0.15) is 44.0 Å². The molecule has 0 aliphatic carbocycles. The minimum atomic E-state index is 0.0412. The largest absolute Gasteiger partial charge is 0.424 e. The number of piperidine rings is 1. The summed E-state index contributed by atoms with van der Waals surface area (Å²) in [6.07, 6.45) is 2.59. The number of benzene rings is 1. The van der Waals surface area contributed by atoms with E-state index in [1.807, 2.05) is 32.0 Å². The number of hydrogen-bond acceptors (Lipinski definition) is 5. The molecular weight excluding hydrogens is 316 g/mol. The van der Waals surface area contributed by atoms with Crippen LogP contribution in [-0.2, 0) is 17.8 Å². The zero-order chi connectivity index (χ0) is 17.6. The molecule has 1 aromatic carbocycles. The number of aromatic nitrogens is 2. The molecule has 0 radical (unpaired) electrons. The van der Waals surface area contributed by atoms with E-state index < -0.39 is 0 Å². The minimum absolute atomic E-state index is 0.0412. The number of likely N-dealkylation sites (tertiary alicyclic amines) is 1. The van der Waals surface area contributed by atoms with Crippen molar-refractivity contribution in [3.8, 4) is 0 Å². The van der Waals surface area contributed by atoms with Crippen molar-refractivity contribution in [2.75, 3.05) is 13.1 Å². The molecule has 0 unspecified atom stereocenters. The predicted molar refractivity (Wildman–Crippen MR) is 94.8 cm³/mol. The van der Waals surface area contributed by atoms with Gasteiger partial charge < -0.3 is 9.73 Å². The van der Waals surface area contributed by atoms with Gasteiger partial charge in [0.05, 0.1) is 13.0 Å². The smallest absolute Gasteiger partial charge is 0.230 e. The standard InChI is InChI=1S/C19H26N4O2/c1-14(2)19(24)20-16-8-10-23(11-9-16)13-18-22-21-17(25-18)12-15-6-4-3-5-7-15/h3-7,14,16H,8-13H2,1-2H3,(H,20,24). The van der Waals surface area contributed by atoms with Gasteiger partial charge in [-0.25, -0.2) is 0 Å². The van der Waals surface area contributed by atoms with Gasteiger partial charge in [0.2, 0.25) is 17.7 Å². The molecule has 1 fully saturated rings. The third-order valence-electron chi connectivity index (χ3n) is 4.52. The van der Waals surface area contributed by atoms with E-state index in [0.717, 1.165) is 25.9 Å². The molecule has 3 rings (SSSR count). The van der Waals surface area contributed by atoms with Crippen molar-refractivity contribution in [2.45, 2.75) is 45.7 Å². The zero-order valence-corrected chi connectivity index (χ0v) is 14.9. The molecule has 25 heavy (non-hydrogen) atoms. The van der Waals surface area contributed by atoms with Crippen molar-refractivity contribution in [1.82, 2.24) is 20.4 Å². The second kappa shape index (κ2) is 8.25. The first-order valence-corrected chi connectivity index (χ1v) is 8.98. The summed E-state index contributed by atoms with van der Waals surface area (Å²) in [4.78, 5) is 14.1. The van der Waals surface area contributed by atoms with Gasteiger partial charge in [-0.05, 0) is 18.4 Å². The fraction of sp³-hybridized carbons (Fsp3) is 0.526. The number of nitrogens with zero attached hydrogens (tertiary/aromatic N) is 3.